The van der Waals surface area contributed by atoms with Crippen LogP contribution in [0, 0.1) is 11.3 Å². The van der Waals surface area contributed by atoms with Crippen molar-refractivity contribution >= 4 is 29.2 Å². The summed E-state index contributed by atoms with van der Waals surface area (Å²) in [5.74, 6) is 0.327. The summed E-state index contributed by atoms with van der Waals surface area (Å²) in [6.45, 7) is 1.10. The lowest BCUT2D eigenvalue weighted by molar-refractivity contribution is -0.123. The van der Waals surface area contributed by atoms with Crippen LogP contribution in [0.5, 0.6) is 0 Å². The van der Waals surface area contributed by atoms with Crippen molar-refractivity contribution in [1.29, 1.82) is 5.41 Å². The normalized spacial score (nSPS) is 25.6. The van der Waals surface area contributed by atoms with Crippen molar-refractivity contribution in [2.45, 2.75) is 50.6 Å². The Morgan fingerprint density at radius 1 is 1.33 bits per heavy atom. The van der Waals surface area contributed by atoms with E-state index >= 15 is 0 Å². The number of carbonyl (C=O) groups excluding carboxylic acids is 1. The van der Waals surface area contributed by atoms with E-state index in [0.29, 0.717) is 42.3 Å². The zero-order valence-electron chi connectivity index (χ0n) is 17.5. The molecule has 2 bridgehead atoms. The van der Waals surface area contributed by atoms with Crippen LogP contribution in [0.15, 0.2) is 24.3 Å². The number of hydrogen-bond acceptors (Lipinski definition) is 6. The molecule has 0 amide bonds. The minimum absolute atomic E-state index is 0.0614. The first-order valence-corrected chi connectivity index (χ1v) is 10.5. The number of nitrogens with one attached hydrogen (secondary N) is 1. The van der Waals surface area contributed by atoms with Gasteiger partial charge in [0.15, 0.2) is 5.78 Å². The van der Waals surface area contributed by atoms with E-state index in [9.17, 15) is 4.79 Å². The Hall–Kier alpha value is -2.51. The molecule has 0 aromatic heterocycles. The minimum atomic E-state index is -0.250. The summed E-state index contributed by atoms with van der Waals surface area (Å²) in [4.78, 5) is 23.6. The first-order valence-electron chi connectivity index (χ1n) is 10.5. The molecule has 2 unspecified atom stereocenters. The third-order valence-electron chi connectivity index (χ3n) is 6.60. The maximum absolute atomic E-state index is 12.7. The highest BCUT2D eigenvalue weighted by atomic mass is 16.5. The van der Waals surface area contributed by atoms with Crippen molar-refractivity contribution in [3.8, 4) is 0 Å². The highest BCUT2D eigenvalue weighted by molar-refractivity contribution is 6.46. The van der Waals surface area contributed by atoms with Gasteiger partial charge < -0.3 is 20.5 Å². The molecule has 7 heteroatoms. The predicted octanol–water partition coefficient (Wildman–Crippen LogP) is 2.97. The van der Waals surface area contributed by atoms with Gasteiger partial charge in [-0.2, -0.15) is 0 Å². The largest absolute Gasteiger partial charge is 0.483 e. The predicted molar refractivity (Wildman–Crippen MR) is 117 cm³/mol. The summed E-state index contributed by atoms with van der Waals surface area (Å²) in [5.41, 5.74) is 9.64. The molecule has 7 nitrogen and oxygen atoms in total. The second-order valence-corrected chi connectivity index (χ2v) is 8.35. The lowest BCUT2D eigenvalue weighted by Gasteiger charge is -2.36. The second-order valence-electron chi connectivity index (χ2n) is 8.35. The van der Waals surface area contributed by atoms with Crippen LogP contribution < -0.4 is 5.73 Å². The molecule has 1 aromatic carbocycles. The fourth-order valence-corrected chi connectivity index (χ4v) is 4.98. The summed E-state index contributed by atoms with van der Waals surface area (Å²) < 4.78 is 5.35. The SMILES string of the molecule is CN1C2CCC1CC(CC(=O)C(=N)c1ccc(C3=CCOCC3)cc1N)C2.O=CO. The van der Waals surface area contributed by atoms with Crippen LogP contribution in [0.4, 0.5) is 5.69 Å². The molecule has 30 heavy (non-hydrogen) atoms. The second kappa shape index (κ2) is 10.00. The van der Waals surface area contributed by atoms with Crippen LogP contribution in [0.1, 0.15) is 49.7 Å². The van der Waals surface area contributed by atoms with E-state index in [0.717, 1.165) is 31.4 Å². The highest BCUT2D eigenvalue weighted by Crippen LogP contribution is 2.39. The van der Waals surface area contributed by atoms with E-state index in [1.807, 2.05) is 18.2 Å². The maximum Gasteiger partial charge on any atom is 0.290 e. The first-order chi connectivity index (χ1) is 14.4. The Labute approximate surface area is 177 Å². The Kier molecular flexibility index (Phi) is 7.39. The van der Waals surface area contributed by atoms with Gasteiger partial charge in [-0.1, -0.05) is 18.2 Å². The van der Waals surface area contributed by atoms with Gasteiger partial charge in [0, 0.05) is 29.8 Å². The summed E-state index contributed by atoms with van der Waals surface area (Å²) in [7, 11) is 2.21. The number of nitrogen functional groups attached to an aromatic ring is 1. The Morgan fingerprint density at radius 3 is 2.57 bits per heavy atom. The van der Waals surface area contributed by atoms with Crippen LogP contribution in [-0.2, 0) is 14.3 Å². The molecule has 2 fully saturated rings. The lowest BCUT2D eigenvalue weighted by Crippen LogP contribution is -2.40. The molecular weight excluding hydrogens is 382 g/mol. The maximum atomic E-state index is 12.7. The molecule has 0 aliphatic carbocycles. The van der Waals surface area contributed by atoms with Gasteiger partial charge in [0.05, 0.1) is 13.2 Å². The minimum Gasteiger partial charge on any atom is -0.483 e. The van der Waals surface area contributed by atoms with Crippen LogP contribution in [0.3, 0.4) is 0 Å². The molecule has 0 spiro atoms. The van der Waals surface area contributed by atoms with Gasteiger partial charge in [0.2, 0.25) is 0 Å². The quantitative estimate of drug-likeness (QED) is 0.388. The molecule has 3 aliphatic heterocycles. The van der Waals surface area contributed by atoms with Gasteiger partial charge in [0.25, 0.3) is 6.47 Å². The standard InChI is InChI=1S/C22H29N3O2.CH2O2/c1-25-17-3-4-18(25)11-14(10-17)12-21(26)22(24)19-5-2-16(13-20(19)23)15-6-8-27-9-7-15;2-1-3/h2,5-6,13-14,17-18,24H,3-4,7-12,23H2,1H3;1H,(H,2,3). The van der Waals surface area contributed by atoms with Gasteiger partial charge in [-0.05, 0) is 62.3 Å². The van der Waals surface area contributed by atoms with Crippen LogP contribution in [0.25, 0.3) is 5.57 Å². The number of benzene rings is 1. The summed E-state index contributed by atoms with van der Waals surface area (Å²) in [6.07, 6.45) is 8.07. The summed E-state index contributed by atoms with van der Waals surface area (Å²) in [5, 5.41) is 15.3. The number of hydrogen-bond donors (Lipinski definition) is 3. The number of nitrogens with two attached hydrogens (primary N) is 1. The van der Waals surface area contributed by atoms with Crippen LogP contribution >= 0.6 is 0 Å². The Bertz CT molecular complexity index is 822. The van der Waals surface area contributed by atoms with Crippen molar-refractivity contribution in [3.05, 3.63) is 35.4 Å². The summed E-state index contributed by atoms with van der Waals surface area (Å²) in [6, 6.07) is 6.94. The molecule has 162 valence electrons. The Balaban J connectivity index is 0.000000806. The van der Waals surface area contributed by atoms with Crippen LogP contribution in [-0.4, -0.2) is 60.3 Å². The van der Waals surface area contributed by atoms with Crippen molar-refractivity contribution in [1.82, 2.24) is 4.90 Å². The number of anilines is 1. The van der Waals surface area contributed by atoms with Crippen LogP contribution in [0.2, 0.25) is 0 Å². The highest BCUT2D eigenvalue weighted by Gasteiger charge is 2.39. The number of nitrogens with zero attached hydrogens (tertiary/aromatic N) is 1. The monoisotopic (exact) mass is 413 g/mol. The molecule has 0 saturated carbocycles. The van der Waals surface area contributed by atoms with Gasteiger partial charge in [-0.25, -0.2) is 0 Å². The fraction of sp³-hybridized carbons (Fsp3) is 0.522. The molecule has 0 radical (unpaired) electrons. The number of fused-ring (bicyclic) bond motifs is 2. The molecule has 3 aliphatic rings. The first kappa shape index (κ1) is 22.2. The van der Waals surface area contributed by atoms with E-state index < -0.39 is 0 Å². The van der Waals surface area contributed by atoms with Gasteiger partial charge in [0.1, 0.15) is 5.71 Å². The van der Waals surface area contributed by atoms with Crippen molar-refractivity contribution in [2.75, 3.05) is 26.0 Å². The average molecular weight is 414 g/mol. The van der Waals surface area contributed by atoms with E-state index in [-0.39, 0.29) is 18.0 Å². The van der Waals surface area contributed by atoms with Crippen molar-refractivity contribution < 1.29 is 19.4 Å². The van der Waals surface area contributed by atoms with E-state index in [1.54, 1.807) is 0 Å². The number of piperidine rings is 1. The third-order valence-corrected chi connectivity index (χ3v) is 6.60. The van der Waals surface area contributed by atoms with E-state index in [1.165, 1.54) is 18.4 Å². The molecule has 1 aromatic rings. The fourth-order valence-electron chi connectivity index (χ4n) is 4.98. The number of rotatable bonds is 5. The summed E-state index contributed by atoms with van der Waals surface area (Å²) >= 11 is 0. The van der Waals surface area contributed by atoms with Gasteiger partial charge in [-0.3, -0.25) is 15.0 Å². The number of carboxylic acid groups (broad SMARTS) is 1. The number of ether oxygens (including phenoxy) is 1. The van der Waals surface area contributed by atoms with E-state index in [4.69, 9.17) is 25.8 Å². The molecule has 2 saturated heterocycles. The third kappa shape index (κ3) is 4.96. The lowest BCUT2D eigenvalue weighted by atomic mass is 9.85. The number of ketones is 1. The van der Waals surface area contributed by atoms with Gasteiger partial charge in [-0.15, -0.1) is 0 Å². The molecule has 2 atom stereocenters. The number of carbonyl (C=O) groups is 2. The van der Waals surface area contributed by atoms with Crippen molar-refractivity contribution in [3.63, 3.8) is 0 Å². The number of Topliss-reactive ketones (excluding diaryl/α,β-unsaturated/α-hetero) is 1. The zero-order chi connectivity index (χ0) is 21.7. The molecule has 4 N–H and O–H groups in total. The molecule has 3 heterocycles. The molecular formula is C23H31N3O4. The Morgan fingerprint density at radius 2 is 2.00 bits per heavy atom. The van der Waals surface area contributed by atoms with Gasteiger partial charge >= 0.3 is 0 Å². The smallest absolute Gasteiger partial charge is 0.290 e. The molecule has 4 rings (SSSR count). The van der Waals surface area contributed by atoms with E-state index in [2.05, 4.69) is 18.0 Å². The zero-order valence-corrected chi connectivity index (χ0v) is 17.5. The van der Waals surface area contributed by atoms with Crippen molar-refractivity contribution in [2.24, 2.45) is 5.92 Å². The topological polar surface area (TPSA) is 117 Å². The average Bonchev–Trinajstić information content (AvgIpc) is 2.95.